The van der Waals surface area contributed by atoms with Gasteiger partial charge < -0.3 is 5.32 Å². The number of amides is 1. The van der Waals surface area contributed by atoms with Crippen LogP contribution in [-0.2, 0) is 12.3 Å². The monoisotopic (exact) mass is 461 g/mol. The predicted molar refractivity (Wildman–Crippen MR) is 126 cm³/mol. The van der Waals surface area contributed by atoms with E-state index in [4.69, 9.17) is 0 Å². The van der Waals surface area contributed by atoms with E-state index in [1.54, 1.807) is 24.4 Å². The summed E-state index contributed by atoms with van der Waals surface area (Å²) in [6.45, 7) is 0.400. The van der Waals surface area contributed by atoms with Gasteiger partial charge in [-0.2, -0.15) is 0 Å². The number of nitrogens with zero attached hydrogens (tertiary/aromatic N) is 2. The fourth-order valence-corrected chi connectivity index (χ4v) is 4.59. The van der Waals surface area contributed by atoms with Gasteiger partial charge in [0.2, 0.25) is 0 Å². The number of hydrogen-bond acceptors (Lipinski definition) is 5. The number of carbonyl (C=O) groups is 1. The number of rotatable bonds is 8. The van der Waals surface area contributed by atoms with Gasteiger partial charge in [0, 0.05) is 23.4 Å². The van der Waals surface area contributed by atoms with Gasteiger partial charge in [0.1, 0.15) is 11.5 Å². The van der Waals surface area contributed by atoms with Crippen molar-refractivity contribution in [3.05, 3.63) is 114 Å². The molecule has 0 unspecified atom stereocenters. The Labute approximate surface area is 194 Å². The van der Waals surface area contributed by atoms with Gasteiger partial charge >= 0.3 is 0 Å². The van der Waals surface area contributed by atoms with Crippen LogP contribution in [0.15, 0.2) is 106 Å². The van der Waals surface area contributed by atoms with Gasteiger partial charge in [-0.25, -0.2) is 14.4 Å². The van der Waals surface area contributed by atoms with E-state index in [0.29, 0.717) is 33.6 Å². The minimum atomic E-state index is -0.276. The van der Waals surface area contributed by atoms with Crippen LogP contribution in [0.25, 0.3) is 0 Å². The summed E-state index contributed by atoms with van der Waals surface area (Å²) in [5.41, 5.74) is 1.88. The summed E-state index contributed by atoms with van der Waals surface area (Å²) in [6.07, 6.45) is 1.66. The van der Waals surface area contributed by atoms with E-state index in [1.165, 1.54) is 29.6 Å². The number of carbonyl (C=O) groups excluding carboxylic acids is 1. The van der Waals surface area contributed by atoms with E-state index in [0.717, 1.165) is 10.5 Å². The quantitative estimate of drug-likeness (QED) is 0.258. The lowest BCUT2D eigenvalue weighted by Gasteiger charge is -2.11. The molecule has 1 amide bonds. The molecular formula is C25H20FN3OS2. The number of halogens is 1. The van der Waals surface area contributed by atoms with Crippen LogP contribution in [0.2, 0.25) is 0 Å². The van der Waals surface area contributed by atoms with E-state index in [9.17, 15) is 9.18 Å². The molecule has 0 aliphatic heterocycles. The van der Waals surface area contributed by atoms with Crippen molar-refractivity contribution in [2.45, 2.75) is 27.2 Å². The molecule has 0 spiro atoms. The number of aromatic nitrogens is 2. The topological polar surface area (TPSA) is 54.9 Å². The van der Waals surface area contributed by atoms with Crippen molar-refractivity contribution in [3.8, 4) is 0 Å². The Hall–Kier alpha value is -3.16. The molecule has 1 heterocycles. The number of nitrogens with one attached hydrogen (secondary N) is 1. The van der Waals surface area contributed by atoms with Crippen LogP contribution in [0.1, 0.15) is 21.6 Å². The Morgan fingerprint density at radius 1 is 0.906 bits per heavy atom. The smallest absolute Gasteiger partial charge is 0.271 e. The van der Waals surface area contributed by atoms with E-state index in [1.807, 2.05) is 60.7 Å². The Bertz CT molecular complexity index is 1190. The summed E-state index contributed by atoms with van der Waals surface area (Å²) < 4.78 is 13.9. The number of hydrogen-bond donors (Lipinski definition) is 1. The third-order valence-corrected chi connectivity index (χ3v) is 6.47. The van der Waals surface area contributed by atoms with Crippen molar-refractivity contribution >= 4 is 29.4 Å². The Balaban J connectivity index is 1.55. The van der Waals surface area contributed by atoms with Crippen LogP contribution in [0, 0.1) is 5.82 Å². The minimum absolute atomic E-state index is 0.267. The summed E-state index contributed by atoms with van der Waals surface area (Å²) in [4.78, 5) is 23.6. The van der Waals surface area contributed by atoms with E-state index >= 15 is 0 Å². The molecule has 0 saturated carbocycles. The maximum atomic E-state index is 13.9. The fourth-order valence-electron chi connectivity index (χ4n) is 2.90. The first-order valence-corrected chi connectivity index (χ1v) is 11.8. The highest BCUT2D eigenvalue weighted by Crippen LogP contribution is 2.31. The van der Waals surface area contributed by atoms with Crippen LogP contribution in [0.3, 0.4) is 0 Å². The van der Waals surface area contributed by atoms with Gasteiger partial charge in [0.15, 0.2) is 5.16 Å². The summed E-state index contributed by atoms with van der Waals surface area (Å²) in [5.74, 6) is -0.164. The van der Waals surface area contributed by atoms with E-state index < -0.39 is 0 Å². The maximum Gasteiger partial charge on any atom is 0.271 e. The molecule has 0 fully saturated rings. The number of benzene rings is 3. The molecule has 160 valence electrons. The Kier molecular flexibility index (Phi) is 7.53. The highest BCUT2D eigenvalue weighted by atomic mass is 32.2. The molecule has 4 rings (SSSR count). The van der Waals surface area contributed by atoms with Crippen molar-refractivity contribution in [2.24, 2.45) is 0 Å². The molecular weight excluding hydrogens is 441 g/mol. The molecule has 7 heteroatoms. The first kappa shape index (κ1) is 22.0. The maximum absolute atomic E-state index is 13.9. The zero-order chi connectivity index (χ0) is 22.2. The zero-order valence-electron chi connectivity index (χ0n) is 17.1. The second kappa shape index (κ2) is 10.9. The van der Waals surface area contributed by atoms with Crippen molar-refractivity contribution in [1.29, 1.82) is 0 Å². The predicted octanol–water partition coefficient (Wildman–Crippen LogP) is 5.99. The summed E-state index contributed by atoms with van der Waals surface area (Å²) in [7, 11) is 0. The highest BCUT2D eigenvalue weighted by Gasteiger charge is 2.17. The van der Waals surface area contributed by atoms with Crippen LogP contribution >= 0.6 is 23.5 Å². The van der Waals surface area contributed by atoms with Gasteiger partial charge in [0.25, 0.3) is 5.91 Å². The second-order valence-corrected chi connectivity index (χ2v) is 8.89. The normalized spacial score (nSPS) is 10.7. The largest absolute Gasteiger partial charge is 0.347 e. The Morgan fingerprint density at radius 2 is 1.59 bits per heavy atom. The first-order valence-electron chi connectivity index (χ1n) is 9.97. The molecule has 1 aromatic heterocycles. The molecule has 0 bridgehead atoms. The molecule has 4 nitrogen and oxygen atoms in total. The zero-order valence-corrected chi connectivity index (χ0v) is 18.7. The van der Waals surface area contributed by atoms with Crippen LogP contribution in [0.5, 0.6) is 0 Å². The Morgan fingerprint density at radius 3 is 2.34 bits per heavy atom. The highest BCUT2D eigenvalue weighted by molar-refractivity contribution is 7.99. The second-order valence-electron chi connectivity index (χ2n) is 6.83. The molecule has 0 aliphatic carbocycles. The van der Waals surface area contributed by atoms with E-state index in [2.05, 4.69) is 15.3 Å². The molecule has 0 radical (unpaired) electrons. The van der Waals surface area contributed by atoms with Gasteiger partial charge in [-0.15, -0.1) is 0 Å². The number of thioether (sulfide) groups is 1. The summed E-state index contributed by atoms with van der Waals surface area (Å²) in [5, 5.41) is 3.37. The SMILES string of the molecule is O=C(NCc1ccccc1)c1nc(SCc2ccccc2F)ncc1Sc1ccccc1. The van der Waals surface area contributed by atoms with Crippen LogP contribution in [0.4, 0.5) is 4.39 Å². The molecule has 32 heavy (non-hydrogen) atoms. The standard InChI is InChI=1S/C25H20FN3OS2/c26-21-14-8-7-11-19(21)17-31-25-28-16-22(32-20-12-5-2-6-13-20)23(29-25)24(30)27-15-18-9-3-1-4-10-18/h1-14,16H,15,17H2,(H,27,30). The van der Waals surface area contributed by atoms with Crippen LogP contribution in [-0.4, -0.2) is 15.9 Å². The first-order chi connectivity index (χ1) is 15.7. The lowest BCUT2D eigenvalue weighted by Crippen LogP contribution is -2.25. The summed E-state index contributed by atoms with van der Waals surface area (Å²) >= 11 is 2.73. The van der Waals surface area contributed by atoms with Crippen LogP contribution < -0.4 is 5.32 Å². The molecule has 3 aromatic carbocycles. The van der Waals surface area contributed by atoms with Gasteiger partial charge in [-0.3, -0.25) is 4.79 Å². The van der Waals surface area contributed by atoms with Gasteiger partial charge in [-0.1, -0.05) is 90.3 Å². The van der Waals surface area contributed by atoms with Gasteiger partial charge in [0.05, 0.1) is 4.90 Å². The third-order valence-electron chi connectivity index (χ3n) is 4.53. The van der Waals surface area contributed by atoms with Crippen molar-refractivity contribution < 1.29 is 9.18 Å². The third kappa shape index (κ3) is 5.96. The average Bonchev–Trinajstić information content (AvgIpc) is 2.84. The lowest BCUT2D eigenvalue weighted by molar-refractivity contribution is 0.0941. The van der Waals surface area contributed by atoms with Crippen molar-refractivity contribution in [3.63, 3.8) is 0 Å². The molecule has 0 saturated heterocycles. The van der Waals surface area contributed by atoms with E-state index in [-0.39, 0.29) is 11.7 Å². The minimum Gasteiger partial charge on any atom is -0.347 e. The molecule has 0 atom stereocenters. The summed E-state index contributed by atoms with van der Waals surface area (Å²) in [6, 6.07) is 26.1. The molecule has 4 aromatic rings. The van der Waals surface area contributed by atoms with Gasteiger partial charge in [-0.05, 0) is 29.3 Å². The lowest BCUT2D eigenvalue weighted by atomic mass is 10.2. The fraction of sp³-hybridized carbons (Fsp3) is 0.0800. The van der Waals surface area contributed by atoms with Crippen molar-refractivity contribution in [1.82, 2.24) is 15.3 Å². The van der Waals surface area contributed by atoms with Crippen molar-refractivity contribution in [2.75, 3.05) is 0 Å². The average molecular weight is 462 g/mol. The molecule has 0 aliphatic rings. The molecule has 1 N–H and O–H groups in total.